The maximum Gasteiger partial charge on any atom is 0.238 e. The van der Waals surface area contributed by atoms with Gasteiger partial charge in [0.05, 0.1) is 12.2 Å². The van der Waals surface area contributed by atoms with Gasteiger partial charge in [0, 0.05) is 12.2 Å². The van der Waals surface area contributed by atoms with Gasteiger partial charge < -0.3 is 5.32 Å². The second kappa shape index (κ2) is 6.47. The van der Waals surface area contributed by atoms with Crippen LogP contribution in [0.4, 0.5) is 0 Å². The van der Waals surface area contributed by atoms with E-state index in [9.17, 15) is 4.79 Å². The van der Waals surface area contributed by atoms with Crippen molar-refractivity contribution in [1.29, 1.82) is 0 Å². The summed E-state index contributed by atoms with van der Waals surface area (Å²) in [7, 11) is 0. The minimum atomic E-state index is -0.223. The smallest absolute Gasteiger partial charge is 0.238 e. The number of benzene rings is 1. The zero-order valence-corrected chi connectivity index (χ0v) is 11.6. The summed E-state index contributed by atoms with van der Waals surface area (Å²) in [5.74, 6) is -0.00779. The Morgan fingerprint density at radius 2 is 1.95 bits per heavy atom. The number of aromatic nitrogens is 1. The van der Waals surface area contributed by atoms with Crippen LogP contribution in [-0.2, 0) is 11.3 Å². The molecule has 3 rings (SSSR count). The lowest BCUT2D eigenvalue weighted by Crippen LogP contribution is -2.42. The number of nitrogens with zero attached hydrogens (tertiary/aromatic N) is 1. The number of amides is 1. The van der Waals surface area contributed by atoms with Gasteiger partial charge in [0.15, 0.2) is 0 Å². The fraction of sp³-hybridized carbons (Fsp3) is 0.250. The normalized spacial score (nSPS) is 21.1. The molecule has 108 valence electrons. The molecule has 2 atom stereocenters. The second-order valence-corrected chi connectivity index (χ2v) is 5.08. The second-order valence-electron chi connectivity index (χ2n) is 5.08. The molecular formula is C16H18N4O. The maximum absolute atomic E-state index is 12.2. The van der Waals surface area contributed by atoms with E-state index >= 15 is 0 Å². The number of carbonyl (C=O) groups is 1. The van der Waals surface area contributed by atoms with E-state index in [4.69, 9.17) is 0 Å². The van der Waals surface area contributed by atoms with Crippen molar-refractivity contribution in [2.75, 3.05) is 0 Å². The first-order valence-corrected chi connectivity index (χ1v) is 7.06. The molecule has 5 heteroatoms. The average Bonchev–Trinajstić information content (AvgIpc) is 3.04. The first-order valence-electron chi connectivity index (χ1n) is 7.06. The minimum absolute atomic E-state index is 0.00779. The lowest BCUT2D eigenvalue weighted by atomic mass is 10.0. The number of hydrazine groups is 1. The van der Waals surface area contributed by atoms with E-state index in [1.807, 2.05) is 36.4 Å². The van der Waals surface area contributed by atoms with Crippen molar-refractivity contribution >= 4 is 5.91 Å². The van der Waals surface area contributed by atoms with Crippen molar-refractivity contribution in [2.45, 2.75) is 25.0 Å². The van der Waals surface area contributed by atoms with Crippen molar-refractivity contribution in [3.8, 4) is 0 Å². The van der Waals surface area contributed by atoms with E-state index in [2.05, 4.69) is 33.3 Å². The highest BCUT2D eigenvalue weighted by Crippen LogP contribution is 2.21. The quantitative estimate of drug-likeness (QED) is 0.791. The average molecular weight is 282 g/mol. The van der Waals surface area contributed by atoms with Gasteiger partial charge in [-0.25, -0.2) is 10.9 Å². The Labute approximate surface area is 123 Å². The summed E-state index contributed by atoms with van der Waals surface area (Å²) < 4.78 is 0. The molecule has 2 heterocycles. The Bertz CT molecular complexity index is 588. The van der Waals surface area contributed by atoms with Gasteiger partial charge in [-0.1, -0.05) is 36.4 Å². The van der Waals surface area contributed by atoms with Crippen LogP contribution >= 0.6 is 0 Å². The zero-order valence-electron chi connectivity index (χ0n) is 11.6. The molecule has 3 N–H and O–H groups in total. The standard InChI is InChI=1S/C16H18N4O/c21-16(18-11-13-8-4-5-9-17-13)15-10-14(19-20-15)12-6-2-1-3-7-12/h1-9,14-15,19-20H,10-11H2,(H,18,21). The van der Waals surface area contributed by atoms with Crippen LogP contribution in [0.25, 0.3) is 0 Å². The van der Waals surface area contributed by atoms with Crippen LogP contribution in [0.3, 0.4) is 0 Å². The molecule has 2 aromatic rings. The summed E-state index contributed by atoms with van der Waals surface area (Å²) in [5, 5.41) is 2.91. The molecule has 1 saturated heterocycles. The highest BCUT2D eigenvalue weighted by Gasteiger charge is 2.29. The van der Waals surface area contributed by atoms with Crippen molar-refractivity contribution in [3.05, 3.63) is 66.0 Å². The van der Waals surface area contributed by atoms with Gasteiger partial charge in [0.25, 0.3) is 0 Å². The summed E-state index contributed by atoms with van der Waals surface area (Å²) in [6.07, 6.45) is 2.46. The third-order valence-electron chi connectivity index (χ3n) is 3.59. The Kier molecular flexibility index (Phi) is 4.23. The van der Waals surface area contributed by atoms with Crippen LogP contribution in [-0.4, -0.2) is 16.9 Å². The van der Waals surface area contributed by atoms with Crippen LogP contribution in [0, 0.1) is 0 Å². The molecule has 1 amide bonds. The lowest BCUT2D eigenvalue weighted by molar-refractivity contribution is -0.123. The third-order valence-corrected chi connectivity index (χ3v) is 3.59. The van der Waals surface area contributed by atoms with Crippen molar-refractivity contribution in [3.63, 3.8) is 0 Å². The monoisotopic (exact) mass is 282 g/mol. The molecule has 0 spiro atoms. The van der Waals surface area contributed by atoms with E-state index < -0.39 is 0 Å². The van der Waals surface area contributed by atoms with Gasteiger partial charge in [0.1, 0.15) is 6.04 Å². The van der Waals surface area contributed by atoms with E-state index in [-0.39, 0.29) is 18.0 Å². The van der Waals surface area contributed by atoms with Crippen LogP contribution in [0.1, 0.15) is 23.7 Å². The Morgan fingerprint density at radius 3 is 2.71 bits per heavy atom. The summed E-state index contributed by atoms with van der Waals surface area (Å²) in [5.41, 5.74) is 8.28. The SMILES string of the molecule is O=C(NCc1ccccn1)C1CC(c2ccccc2)NN1. The summed E-state index contributed by atoms with van der Waals surface area (Å²) >= 11 is 0. The predicted molar refractivity (Wildman–Crippen MR) is 79.9 cm³/mol. The molecule has 0 bridgehead atoms. The van der Waals surface area contributed by atoms with Crippen molar-refractivity contribution < 1.29 is 4.79 Å². The molecule has 21 heavy (non-hydrogen) atoms. The number of rotatable bonds is 4. The summed E-state index contributed by atoms with van der Waals surface area (Å²) in [6.45, 7) is 0.452. The molecule has 1 aromatic heterocycles. The topological polar surface area (TPSA) is 66.0 Å². The summed E-state index contributed by atoms with van der Waals surface area (Å²) in [4.78, 5) is 16.3. The molecule has 0 saturated carbocycles. The Hall–Kier alpha value is -2.24. The van der Waals surface area contributed by atoms with Gasteiger partial charge in [-0.05, 0) is 24.1 Å². The van der Waals surface area contributed by atoms with Crippen molar-refractivity contribution in [2.24, 2.45) is 0 Å². The largest absolute Gasteiger partial charge is 0.349 e. The Morgan fingerprint density at radius 1 is 1.14 bits per heavy atom. The lowest BCUT2D eigenvalue weighted by Gasteiger charge is -2.10. The van der Waals surface area contributed by atoms with E-state index in [1.165, 1.54) is 5.56 Å². The number of hydrogen-bond acceptors (Lipinski definition) is 4. The van der Waals surface area contributed by atoms with Crippen LogP contribution in [0.15, 0.2) is 54.7 Å². The first-order chi connectivity index (χ1) is 10.3. The molecule has 2 unspecified atom stereocenters. The van der Waals surface area contributed by atoms with Crippen LogP contribution in [0.2, 0.25) is 0 Å². The fourth-order valence-corrected chi connectivity index (χ4v) is 2.44. The Balaban J connectivity index is 1.53. The van der Waals surface area contributed by atoms with Crippen LogP contribution in [0.5, 0.6) is 0 Å². The van der Waals surface area contributed by atoms with Gasteiger partial charge in [0.2, 0.25) is 5.91 Å². The number of pyridine rings is 1. The van der Waals surface area contributed by atoms with Gasteiger partial charge in [-0.15, -0.1) is 0 Å². The van der Waals surface area contributed by atoms with Gasteiger partial charge in [-0.3, -0.25) is 9.78 Å². The molecule has 1 aromatic carbocycles. The molecule has 0 radical (unpaired) electrons. The van der Waals surface area contributed by atoms with E-state index in [0.717, 1.165) is 12.1 Å². The molecule has 1 aliphatic heterocycles. The fourth-order valence-electron chi connectivity index (χ4n) is 2.44. The van der Waals surface area contributed by atoms with Gasteiger partial charge >= 0.3 is 0 Å². The maximum atomic E-state index is 12.2. The molecular weight excluding hydrogens is 264 g/mol. The minimum Gasteiger partial charge on any atom is -0.349 e. The van der Waals surface area contributed by atoms with E-state index in [1.54, 1.807) is 6.20 Å². The number of carbonyl (C=O) groups excluding carboxylic acids is 1. The highest BCUT2D eigenvalue weighted by molar-refractivity contribution is 5.82. The predicted octanol–water partition coefficient (Wildman–Crippen LogP) is 1.31. The number of hydrogen-bond donors (Lipinski definition) is 3. The summed E-state index contributed by atoms with van der Waals surface area (Å²) in [6, 6.07) is 15.7. The highest BCUT2D eigenvalue weighted by atomic mass is 16.2. The zero-order chi connectivity index (χ0) is 14.5. The third kappa shape index (κ3) is 3.45. The van der Waals surface area contributed by atoms with E-state index in [0.29, 0.717) is 6.54 Å². The molecule has 1 fully saturated rings. The molecule has 1 aliphatic rings. The van der Waals surface area contributed by atoms with Crippen LogP contribution < -0.4 is 16.2 Å². The number of nitrogens with one attached hydrogen (secondary N) is 3. The first kappa shape index (κ1) is 13.7. The molecule has 0 aliphatic carbocycles. The molecule has 5 nitrogen and oxygen atoms in total. The van der Waals surface area contributed by atoms with Gasteiger partial charge in [-0.2, -0.15) is 0 Å². The van der Waals surface area contributed by atoms with Crippen molar-refractivity contribution in [1.82, 2.24) is 21.2 Å².